The third-order valence-electron chi connectivity index (χ3n) is 7.42. The lowest BCUT2D eigenvalue weighted by atomic mass is 9.94. The highest BCUT2D eigenvalue weighted by Gasteiger charge is 2.36. The molecule has 0 amide bonds. The highest BCUT2D eigenvalue weighted by Crippen LogP contribution is 2.38. The number of ether oxygens (including phenoxy) is 5. The standard InChI is InChI=1S/C35H33IN2O9S/c1-18(2)47-34(42)29-19(3)37-35-38(30(29)24-16-23(43-4)10-11-26(24)44-5)32(39)28(48-35)15-21-13-25(36)31(27(14-21)45-6)46-17-20-8-7-9-22(12-20)33(40)41/h7-16,18,30H,17H2,1-6H3,(H,40,41)/b28-15+/t30-/m1/s1. The van der Waals surface area contributed by atoms with Crippen LogP contribution in [-0.4, -0.2) is 49.0 Å². The Bertz CT molecular complexity index is 2120. The van der Waals surface area contributed by atoms with Crippen LogP contribution < -0.4 is 33.8 Å². The van der Waals surface area contributed by atoms with E-state index in [4.69, 9.17) is 23.7 Å². The molecule has 3 aromatic carbocycles. The van der Waals surface area contributed by atoms with Crippen LogP contribution in [0.1, 0.15) is 53.9 Å². The highest BCUT2D eigenvalue weighted by atomic mass is 127. The number of esters is 1. The molecule has 1 N–H and O–H groups in total. The van der Waals surface area contributed by atoms with E-state index in [-0.39, 0.29) is 23.3 Å². The first kappa shape index (κ1) is 34.7. The zero-order valence-corrected chi connectivity index (χ0v) is 30.0. The minimum atomic E-state index is -1.02. The number of hydrogen-bond acceptors (Lipinski definition) is 10. The van der Waals surface area contributed by atoms with Crippen LogP contribution in [0.2, 0.25) is 0 Å². The lowest BCUT2D eigenvalue weighted by Gasteiger charge is -2.26. The van der Waals surface area contributed by atoms with Crippen molar-refractivity contribution >= 4 is 51.9 Å². The first-order chi connectivity index (χ1) is 22.9. The quantitative estimate of drug-likeness (QED) is 0.163. The predicted molar refractivity (Wildman–Crippen MR) is 188 cm³/mol. The molecule has 0 unspecified atom stereocenters. The lowest BCUT2D eigenvalue weighted by molar-refractivity contribution is -0.143. The van der Waals surface area contributed by atoms with Crippen LogP contribution in [0.25, 0.3) is 6.08 Å². The van der Waals surface area contributed by atoms with Crippen molar-refractivity contribution in [3.05, 3.63) is 111 Å². The Kier molecular flexibility index (Phi) is 10.6. The van der Waals surface area contributed by atoms with Gasteiger partial charge in [-0.25, -0.2) is 14.6 Å². The molecular weight excluding hydrogens is 751 g/mol. The van der Waals surface area contributed by atoms with Gasteiger partial charge in [-0.05, 0) is 103 Å². The average molecular weight is 785 g/mol. The zero-order valence-electron chi connectivity index (χ0n) is 27.0. The first-order valence-corrected chi connectivity index (χ1v) is 16.6. The Hall–Kier alpha value is -4.63. The van der Waals surface area contributed by atoms with E-state index < -0.39 is 24.1 Å². The summed E-state index contributed by atoms with van der Waals surface area (Å²) >= 11 is 3.32. The molecule has 0 saturated carbocycles. The van der Waals surface area contributed by atoms with E-state index in [1.54, 1.807) is 69.3 Å². The van der Waals surface area contributed by atoms with E-state index in [0.29, 0.717) is 58.3 Å². The number of nitrogens with zero attached hydrogens (tertiary/aromatic N) is 2. The maximum atomic E-state index is 14.2. The molecule has 11 nitrogen and oxygen atoms in total. The summed E-state index contributed by atoms with van der Waals surface area (Å²) in [7, 11) is 4.57. The normalized spacial score (nSPS) is 14.3. The number of aromatic carboxylic acids is 1. The van der Waals surface area contributed by atoms with Crippen LogP contribution in [0.5, 0.6) is 23.0 Å². The average Bonchev–Trinajstić information content (AvgIpc) is 3.36. The molecule has 0 bridgehead atoms. The smallest absolute Gasteiger partial charge is 0.338 e. The maximum absolute atomic E-state index is 14.2. The molecule has 2 heterocycles. The summed E-state index contributed by atoms with van der Waals surface area (Å²) in [6.45, 7) is 5.36. The van der Waals surface area contributed by atoms with Gasteiger partial charge < -0.3 is 28.8 Å². The van der Waals surface area contributed by atoms with Crippen molar-refractivity contribution in [3.8, 4) is 23.0 Å². The number of benzene rings is 3. The number of methoxy groups -OCH3 is 3. The van der Waals surface area contributed by atoms with Gasteiger partial charge in [0.05, 0.1) is 52.4 Å². The number of carboxylic acids is 1. The van der Waals surface area contributed by atoms with E-state index in [1.807, 2.05) is 6.07 Å². The summed E-state index contributed by atoms with van der Waals surface area (Å²) in [4.78, 5) is 44.2. The van der Waals surface area contributed by atoms with E-state index >= 15 is 0 Å². The number of halogens is 1. The molecule has 250 valence electrons. The zero-order chi connectivity index (χ0) is 34.7. The molecule has 0 radical (unpaired) electrons. The van der Waals surface area contributed by atoms with Crippen LogP contribution in [0, 0.1) is 3.57 Å². The van der Waals surface area contributed by atoms with Gasteiger partial charge in [-0.1, -0.05) is 23.5 Å². The number of rotatable bonds is 11. The van der Waals surface area contributed by atoms with Crippen molar-refractivity contribution in [3.63, 3.8) is 0 Å². The van der Waals surface area contributed by atoms with E-state index in [0.717, 1.165) is 0 Å². The molecule has 13 heteroatoms. The van der Waals surface area contributed by atoms with Gasteiger partial charge in [0, 0.05) is 5.56 Å². The van der Waals surface area contributed by atoms with Crippen molar-refractivity contribution < 1.29 is 38.4 Å². The number of fused-ring (bicyclic) bond motifs is 1. The van der Waals surface area contributed by atoms with Crippen LogP contribution in [-0.2, 0) is 16.1 Å². The number of thiazole rings is 1. The largest absolute Gasteiger partial charge is 0.497 e. The molecule has 1 aliphatic heterocycles. The van der Waals surface area contributed by atoms with E-state index in [9.17, 15) is 19.5 Å². The Morgan fingerprint density at radius 3 is 2.46 bits per heavy atom. The molecular formula is C35H33IN2O9S. The minimum Gasteiger partial charge on any atom is -0.497 e. The van der Waals surface area contributed by atoms with Crippen LogP contribution in [0.3, 0.4) is 0 Å². The number of allylic oxidation sites excluding steroid dienone is 1. The van der Waals surface area contributed by atoms with Crippen molar-refractivity contribution in [2.75, 3.05) is 21.3 Å². The van der Waals surface area contributed by atoms with Crippen molar-refractivity contribution in [1.82, 2.24) is 4.57 Å². The molecule has 5 rings (SSSR count). The topological polar surface area (TPSA) is 135 Å². The molecule has 0 aliphatic carbocycles. The second-order valence-corrected chi connectivity index (χ2v) is 13.1. The molecule has 4 aromatic rings. The van der Waals surface area contributed by atoms with Crippen molar-refractivity contribution in [1.29, 1.82) is 0 Å². The first-order valence-electron chi connectivity index (χ1n) is 14.7. The lowest BCUT2D eigenvalue weighted by Crippen LogP contribution is -2.40. The molecule has 1 aromatic heterocycles. The van der Waals surface area contributed by atoms with Crippen molar-refractivity contribution in [2.24, 2.45) is 4.99 Å². The van der Waals surface area contributed by atoms with Gasteiger partial charge in [0.1, 0.15) is 24.1 Å². The molecule has 0 spiro atoms. The van der Waals surface area contributed by atoms with Gasteiger partial charge in [-0.15, -0.1) is 0 Å². The van der Waals surface area contributed by atoms with Gasteiger partial charge in [0.2, 0.25) is 0 Å². The third kappa shape index (κ3) is 7.11. The Balaban J connectivity index is 1.60. The van der Waals surface area contributed by atoms with Crippen molar-refractivity contribution in [2.45, 2.75) is 39.5 Å². The molecule has 0 saturated heterocycles. The molecule has 1 atom stereocenters. The van der Waals surface area contributed by atoms with Crippen LogP contribution in [0.4, 0.5) is 0 Å². The second-order valence-electron chi connectivity index (χ2n) is 11.0. The Morgan fingerprint density at radius 1 is 1.04 bits per heavy atom. The molecule has 0 fully saturated rings. The summed E-state index contributed by atoms with van der Waals surface area (Å²) in [5, 5.41) is 9.32. The molecule has 1 aliphatic rings. The van der Waals surface area contributed by atoms with Gasteiger partial charge in [0.25, 0.3) is 5.56 Å². The highest BCUT2D eigenvalue weighted by molar-refractivity contribution is 14.1. The maximum Gasteiger partial charge on any atom is 0.338 e. The van der Waals surface area contributed by atoms with Gasteiger partial charge in [0.15, 0.2) is 16.3 Å². The van der Waals surface area contributed by atoms with Crippen LogP contribution in [0.15, 0.2) is 75.7 Å². The summed E-state index contributed by atoms with van der Waals surface area (Å²) < 4.78 is 31.1. The fourth-order valence-corrected chi connectivity index (χ4v) is 7.10. The third-order valence-corrected chi connectivity index (χ3v) is 9.21. The number of aromatic nitrogens is 1. The van der Waals surface area contributed by atoms with Crippen LogP contribution >= 0.6 is 33.9 Å². The summed E-state index contributed by atoms with van der Waals surface area (Å²) in [6.07, 6.45) is 1.34. The van der Waals surface area contributed by atoms with E-state index in [1.165, 1.54) is 43.3 Å². The minimum absolute atomic E-state index is 0.125. The molecule has 48 heavy (non-hydrogen) atoms. The van der Waals surface area contributed by atoms with Gasteiger partial charge >= 0.3 is 11.9 Å². The Morgan fingerprint density at radius 2 is 1.79 bits per heavy atom. The SMILES string of the molecule is COc1ccc(OC)c([C@@H]2C(C(=O)OC(C)C)=C(C)N=c3s/c(=C/c4cc(I)c(OCc5cccc(C(=O)O)c5)c(OC)c4)c(=O)n32)c1. The fourth-order valence-electron chi connectivity index (χ4n) is 5.27. The number of hydrogen-bond donors (Lipinski definition) is 1. The fraction of sp³-hybridized carbons (Fsp3) is 0.257. The Labute approximate surface area is 293 Å². The van der Waals surface area contributed by atoms with Gasteiger partial charge in [-0.2, -0.15) is 0 Å². The summed E-state index contributed by atoms with van der Waals surface area (Å²) in [5.74, 6) is 0.298. The number of carboxylic acid groups (broad SMARTS) is 1. The van der Waals surface area contributed by atoms with Gasteiger partial charge in [-0.3, -0.25) is 9.36 Å². The monoisotopic (exact) mass is 784 g/mol. The number of carbonyl (C=O) groups excluding carboxylic acids is 1. The second kappa shape index (κ2) is 14.6. The number of carbonyl (C=O) groups is 2. The van der Waals surface area contributed by atoms with E-state index in [2.05, 4.69) is 27.6 Å². The predicted octanol–water partition coefficient (Wildman–Crippen LogP) is 5.09. The summed E-state index contributed by atoms with van der Waals surface area (Å²) in [6, 6.07) is 14.4. The summed E-state index contributed by atoms with van der Waals surface area (Å²) in [5.41, 5.74) is 2.36.